The van der Waals surface area contributed by atoms with Gasteiger partial charge in [0.15, 0.2) is 0 Å². The van der Waals surface area contributed by atoms with Gasteiger partial charge in [0, 0.05) is 11.4 Å². The molecule has 1 aliphatic rings. The van der Waals surface area contributed by atoms with Gasteiger partial charge in [-0.15, -0.1) is 0 Å². The molecule has 1 heterocycles. The Bertz CT molecular complexity index is 1650. The second-order valence-corrected chi connectivity index (χ2v) is 10.9. The van der Waals surface area contributed by atoms with Gasteiger partial charge in [-0.1, -0.05) is 108 Å². The van der Waals surface area contributed by atoms with Gasteiger partial charge in [-0.05, 0) is 49.2 Å². The minimum absolute atomic E-state index is 0.0503. The monoisotopic (exact) mass is 585 g/mol. The number of ether oxygens (including phenoxy) is 1. The minimum atomic E-state index is -0.682. The van der Waals surface area contributed by atoms with E-state index >= 15 is 0 Å². The van der Waals surface area contributed by atoms with E-state index in [1.54, 1.807) is 11.8 Å². The molecule has 43 heavy (non-hydrogen) atoms. The number of carbonyl (C=O) groups is 2. The van der Waals surface area contributed by atoms with Gasteiger partial charge in [0.1, 0.15) is 0 Å². The summed E-state index contributed by atoms with van der Waals surface area (Å²) in [5, 5.41) is 14.4. The van der Waals surface area contributed by atoms with Crippen molar-refractivity contribution >= 4 is 40.7 Å². The van der Waals surface area contributed by atoms with Crippen LogP contribution in [0.15, 0.2) is 131 Å². The molecule has 0 bridgehead atoms. The molecule has 4 aromatic carbocycles. The number of esters is 1. The SMILES string of the molecule is CCOC(=O)C1=C(c2ccccc2)NC(SCC(=O)N(c2ccccc2)c2ccccc2)=C(C#N)[C@H]1c1ccc(C)cc1. The standard InChI is InChI=1S/C36H31N3O3S/c1-3-42-36(41)33-32(26-21-19-25(2)20-22-26)30(23-37)35(38-34(33)27-13-7-4-8-14-27)43-24-31(40)39(28-15-9-5-10-16-28)29-17-11-6-12-18-29/h4-22,32,38H,3,24H2,1-2H3/t32-/m1/s1. The summed E-state index contributed by atoms with van der Waals surface area (Å²) in [5.74, 6) is -1.28. The molecular formula is C36H31N3O3S. The van der Waals surface area contributed by atoms with Gasteiger partial charge in [0.2, 0.25) is 5.91 Å². The van der Waals surface area contributed by atoms with E-state index in [1.165, 1.54) is 11.8 Å². The Morgan fingerprint density at radius 3 is 1.95 bits per heavy atom. The highest BCUT2D eigenvalue weighted by Crippen LogP contribution is 2.43. The molecule has 0 aliphatic carbocycles. The van der Waals surface area contributed by atoms with Gasteiger partial charge >= 0.3 is 5.97 Å². The van der Waals surface area contributed by atoms with Crippen LogP contribution >= 0.6 is 11.8 Å². The second kappa shape index (κ2) is 13.7. The van der Waals surface area contributed by atoms with Crippen LogP contribution < -0.4 is 10.2 Å². The van der Waals surface area contributed by atoms with Crippen molar-refractivity contribution in [3.05, 3.63) is 148 Å². The average Bonchev–Trinajstić information content (AvgIpc) is 3.05. The first-order valence-corrected chi connectivity index (χ1v) is 15.0. The molecule has 1 amide bonds. The number of thioether (sulfide) groups is 1. The van der Waals surface area contributed by atoms with Crippen molar-refractivity contribution in [3.63, 3.8) is 0 Å². The van der Waals surface area contributed by atoms with E-state index in [0.717, 1.165) is 28.1 Å². The molecule has 214 valence electrons. The number of hydrogen-bond donors (Lipinski definition) is 1. The number of rotatable bonds is 9. The van der Waals surface area contributed by atoms with Gasteiger partial charge < -0.3 is 10.1 Å². The molecule has 0 saturated heterocycles. The molecule has 5 rings (SSSR count). The maximum absolute atomic E-state index is 13.9. The molecular weight excluding hydrogens is 554 g/mol. The Morgan fingerprint density at radius 1 is 0.860 bits per heavy atom. The highest BCUT2D eigenvalue weighted by atomic mass is 32.2. The molecule has 1 aliphatic heterocycles. The van der Waals surface area contributed by atoms with Crippen LogP contribution in [0, 0.1) is 18.3 Å². The Balaban J connectivity index is 1.58. The Hall–Kier alpha value is -5.06. The number of aryl methyl sites for hydroxylation is 1. The van der Waals surface area contributed by atoms with Crippen molar-refractivity contribution in [2.24, 2.45) is 0 Å². The third-order valence-corrected chi connectivity index (χ3v) is 8.04. The number of nitrogens with zero attached hydrogens (tertiary/aromatic N) is 2. The summed E-state index contributed by atoms with van der Waals surface area (Å²) in [7, 11) is 0. The van der Waals surface area contributed by atoms with Gasteiger partial charge in [-0.2, -0.15) is 5.26 Å². The predicted octanol–water partition coefficient (Wildman–Crippen LogP) is 7.49. The largest absolute Gasteiger partial charge is 0.463 e. The number of carbonyl (C=O) groups excluding carboxylic acids is 2. The van der Waals surface area contributed by atoms with Gasteiger partial charge in [0.25, 0.3) is 0 Å². The Morgan fingerprint density at radius 2 is 1.42 bits per heavy atom. The highest BCUT2D eigenvalue weighted by Gasteiger charge is 2.37. The summed E-state index contributed by atoms with van der Waals surface area (Å²) in [5.41, 5.74) is 5.40. The van der Waals surface area contributed by atoms with Crippen molar-refractivity contribution < 1.29 is 14.3 Å². The smallest absolute Gasteiger partial charge is 0.337 e. The fraction of sp³-hybridized carbons (Fsp3) is 0.139. The normalized spacial score (nSPS) is 14.5. The quantitative estimate of drug-likeness (QED) is 0.205. The molecule has 0 spiro atoms. The molecule has 0 aromatic heterocycles. The molecule has 0 radical (unpaired) electrons. The summed E-state index contributed by atoms with van der Waals surface area (Å²) < 4.78 is 5.53. The lowest BCUT2D eigenvalue weighted by molar-refractivity contribution is -0.138. The molecule has 6 nitrogen and oxygen atoms in total. The zero-order chi connectivity index (χ0) is 30.2. The van der Waals surface area contributed by atoms with Crippen molar-refractivity contribution in [1.29, 1.82) is 5.26 Å². The molecule has 7 heteroatoms. The number of hydrogen-bond acceptors (Lipinski definition) is 6. The zero-order valence-corrected chi connectivity index (χ0v) is 24.8. The number of anilines is 2. The number of nitrogens with one attached hydrogen (secondary N) is 1. The van der Waals surface area contributed by atoms with E-state index in [2.05, 4.69) is 11.4 Å². The molecule has 0 fully saturated rings. The number of nitriles is 1. The first kappa shape index (κ1) is 29.4. The summed E-state index contributed by atoms with van der Waals surface area (Å²) >= 11 is 1.25. The average molecular weight is 586 g/mol. The Kier molecular flexibility index (Phi) is 9.40. The number of amides is 1. The molecule has 0 saturated carbocycles. The third kappa shape index (κ3) is 6.56. The summed E-state index contributed by atoms with van der Waals surface area (Å²) in [6, 6.07) is 38.6. The molecule has 1 N–H and O–H groups in total. The lowest BCUT2D eigenvalue weighted by atomic mass is 9.81. The van der Waals surface area contributed by atoms with Gasteiger partial charge in [0.05, 0.1) is 46.2 Å². The van der Waals surface area contributed by atoms with Crippen LogP contribution in [-0.2, 0) is 14.3 Å². The first-order chi connectivity index (χ1) is 21.0. The maximum Gasteiger partial charge on any atom is 0.337 e. The van der Waals surface area contributed by atoms with Crippen LogP contribution in [0.4, 0.5) is 11.4 Å². The lowest BCUT2D eigenvalue weighted by Gasteiger charge is -2.31. The third-order valence-electron chi connectivity index (χ3n) is 7.04. The second-order valence-electron chi connectivity index (χ2n) is 9.89. The van der Waals surface area contributed by atoms with Crippen LogP contribution in [0.3, 0.4) is 0 Å². The van der Waals surface area contributed by atoms with E-state index in [9.17, 15) is 14.9 Å². The number of benzene rings is 4. The topological polar surface area (TPSA) is 82.4 Å². The van der Waals surface area contributed by atoms with Crippen LogP contribution in [0.1, 0.15) is 29.5 Å². The van der Waals surface area contributed by atoms with E-state index in [4.69, 9.17) is 4.74 Å². The lowest BCUT2D eigenvalue weighted by Crippen LogP contribution is -2.31. The van der Waals surface area contributed by atoms with Crippen LogP contribution in [0.2, 0.25) is 0 Å². The van der Waals surface area contributed by atoms with Gasteiger partial charge in [-0.3, -0.25) is 9.69 Å². The highest BCUT2D eigenvalue weighted by molar-refractivity contribution is 8.03. The summed E-state index contributed by atoms with van der Waals surface area (Å²) in [6.07, 6.45) is 0. The van der Waals surface area contributed by atoms with Crippen molar-refractivity contribution in [2.45, 2.75) is 19.8 Å². The van der Waals surface area contributed by atoms with Crippen molar-refractivity contribution in [2.75, 3.05) is 17.3 Å². The first-order valence-electron chi connectivity index (χ1n) is 14.0. The van der Waals surface area contributed by atoms with Crippen molar-refractivity contribution in [3.8, 4) is 6.07 Å². The number of dihydropyridines is 1. The Labute approximate surface area is 256 Å². The summed E-state index contributed by atoms with van der Waals surface area (Å²) in [4.78, 5) is 29.1. The number of allylic oxidation sites excluding steroid dienone is 1. The molecule has 4 aromatic rings. The fourth-order valence-corrected chi connectivity index (χ4v) is 5.93. The fourth-order valence-electron chi connectivity index (χ4n) is 5.04. The maximum atomic E-state index is 13.9. The summed E-state index contributed by atoms with van der Waals surface area (Å²) in [6.45, 7) is 3.95. The van der Waals surface area contributed by atoms with E-state index in [-0.39, 0.29) is 18.3 Å². The van der Waals surface area contributed by atoms with Crippen molar-refractivity contribution in [1.82, 2.24) is 5.32 Å². The van der Waals surface area contributed by atoms with E-state index in [1.807, 2.05) is 122 Å². The van der Waals surface area contributed by atoms with E-state index < -0.39 is 11.9 Å². The van der Waals surface area contributed by atoms with Crippen LogP contribution in [0.5, 0.6) is 0 Å². The molecule has 0 unspecified atom stereocenters. The zero-order valence-electron chi connectivity index (χ0n) is 24.0. The predicted molar refractivity (Wildman–Crippen MR) is 172 cm³/mol. The minimum Gasteiger partial charge on any atom is -0.463 e. The number of para-hydroxylation sites is 2. The van der Waals surface area contributed by atoms with Gasteiger partial charge in [-0.25, -0.2) is 4.79 Å². The van der Waals surface area contributed by atoms with E-state index in [0.29, 0.717) is 21.9 Å². The van der Waals surface area contributed by atoms with Crippen LogP contribution in [0.25, 0.3) is 5.70 Å². The molecule has 1 atom stereocenters. The van der Waals surface area contributed by atoms with Crippen LogP contribution in [-0.4, -0.2) is 24.2 Å².